The number of hydrogen-bond donors (Lipinski definition) is 1. The zero-order valence-electron chi connectivity index (χ0n) is 5.31. The maximum atomic E-state index is 10.3. The molecule has 0 bridgehead atoms. The van der Waals surface area contributed by atoms with Gasteiger partial charge < -0.3 is 9.94 Å². The van der Waals surface area contributed by atoms with E-state index < -0.39 is 12.1 Å². The monoisotopic (exact) mass is 142 g/mol. The Morgan fingerprint density at radius 2 is 2.60 bits per heavy atom. The Bertz CT molecular complexity index is 182. The molecule has 0 amide bonds. The van der Waals surface area contributed by atoms with E-state index in [2.05, 4.69) is 9.89 Å². The lowest BCUT2D eigenvalue weighted by molar-refractivity contribution is -0.137. The normalized spacial score (nSPS) is 12.4. The molecule has 0 rings (SSSR count). The molecule has 54 valence electrons. The average molecular weight is 142 g/mol. The quantitative estimate of drug-likeness (QED) is 0.252. The number of ether oxygens (including phenoxy) is 1. The van der Waals surface area contributed by atoms with Gasteiger partial charge in [0.1, 0.15) is 6.07 Å². The van der Waals surface area contributed by atoms with E-state index in [1.54, 1.807) is 6.07 Å². The molecule has 5 nitrogen and oxygen atoms in total. The molecule has 1 N–H and O–H groups in total. The number of nitrogens with zero attached hydrogens (tertiary/aromatic N) is 2. The number of rotatable bonds is 2. The molecule has 0 saturated heterocycles. The fraction of sp³-hybridized carbons (Fsp3) is 0.400. The molecule has 0 aliphatic heterocycles. The number of nitriles is 1. The SMILES string of the molecule is CC(C#N)OC(=O)/C=N/O. The molecule has 1 atom stereocenters. The van der Waals surface area contributed by atoms with Crippen LogP contribution in [0.4, 0.5) is 0 Å². The van der Waals surface area contributed by atoms with Gasteiger partial charge in [-0.1, -0.05) is 5.16 Å². The van der Waals surface area contributed by atoms with E-state index in [9.17, 15) is 4.79 Å². The minimum absolute atomic E-state index is 0.577. The largest absolute Gasteiger partial charge is 0.443 e. The Kier molecular flexibility index (Phi) is 3.64. The highest BCUT2D eigenvalue weighted by molar-refractivity contribution is 6.22. The van der Waals surface area contributed by atoms with E-state index >= 15 is 0 Å². The van der Waals surface area contributed by atoms with Gasteiger partial charge in [-0.25, -0.2) is 4.79 Å². The highest BCUT2D eigenvalue weighted by atomic mass is 16.5. The van der Waals surface area contributed by atoms with Crippen molar-refractivity contribution in [2.45, 2.75) is 13.0 Å². The van der Waals surface area contributed by atoms with E-state index in [0.717, 1.165) is 0 Å². The van der Waals surface area contributed by atoms with Crippen LogP contribution in [-0.4, -0.2) is 23.5 Å². The molecule has 0 fully saturated rings. The molecular formula is C5H6N2O3. The second-order valence-corrected chi connectivity index (χ2v) is 1.45. The Morgan fingerprint density at radius 1 is 2.00 bits per heavy atom. The molecule has 0 spiro atoms. The fourth-order valence-electron chi connectivity index (χ4n) is 0.278. The summed E-state index contributed by atoms with van der Waals surface area (Å²) in [6, 6.07) is 1.67. The van der Waals surface area contributed by atoms with Crippen LogP contribution in [0.2, 0.25) is 0 Å². The number of hydrogen-bond acceptors (Lipinski definition) is 5. The topological polar surface area (TPSA) is 82.7 Å². The van der Waals surface area contributed by atoms with Crippen LogP contribution in [0.3, 0.4) is 0 Å². The molecule has 0 saturated carbocycles. The van der Waals surface area contributed by atoms with Gasteiger partial charge >= 0.3 is 5.97 Å². The van der Waals surface area contributed by atoms with Gasteiger partial charge in [0.05, 0.1) is 0 Å². The van der Waals surface area contributed by atoms with Crippen molar-refractivity contribution in [2.75, 3.05) is 0 Å². The maximum absolute atomic E-state index is 10.3. The number of oxime groups is 1. The predicted molar refractivity (Wildman–Crippen MR) is 31.4 cm³/mol. The van der Waals surface area contributed by atoms with Gasteiger partial charge in [-0.15, -0.1) is 0 Å². The van der Waals surface area contributed by atoms with Crippen LogP contribution in [-0.2, 0) is 9.53 Å². The summed E-state index contributed by atoms with van der Waals surface area (Å²) in [5.41, 5.74) is 0. The molecule has 0 aromatic heterocycles. The van der Waals surface area contributed by atoms with Crippen LogP contribution < -0.4 is 0 Å². The van der Waals surface area contributed by atoms with Crippen LogP contribution in [0.25, 0.3) is 0 Å². The molecule has 0 aliphatic carbocycles. The highest BCUT2D eigenvalue weighted by Gasteiger charge is 2.03. The molecule has 0 aromatic carbocycles. The fourth-order valence-corrected chi connectivity index (χ4v) is 0.278. The van der Waals surface area contributed by atoms with E-state index in [1.807, 2.05) is 0 Å². The summed E-state index contributed by atoms with van der Waals surface area (Å²) in [5.74, 6) is -0.837. The Morgan fingerprint density at radius 3 is 3.00 bits per heavy atom. The minimum atomic E-state index is -0.837. The maximum Gasteiger partial charge on any atom is 0.354 e. The summed E-state index contributed by atoms with van der Waals surface area (Å²) < 4.78 is 4.33. The third kappa shape index (κ3) is 3.43. The van der Waals surface area contributed by atoms with Crippen molar-refractivity contribution in [1.82, 2.24) is 0 Å². The third-order valence-corrected chi connectivity index (χ3v) is 0.638. The molecule has 1 unspecified atom stereocenters. The zero-order valence-corrected chi connectivity index (χ0v) is 5.31. The second kappa shape index (κ2) is 4.32. The lowest BCUT2D eigenvalue weighted by Gasteiger charge is -1.99. The van der Waals surface area contributed by atoms with Crippen molar-refractivity contribution in [2.24, 2.45) is 5.16 Å². The van der Waals surface area contributed by atoms with Crippen molar-refractivity contribution in [3.8, 4) is 6.07 Å². The van der Waals surface area contributed by atoms with Gasteiger partial charge in [-0.2, -0.15) is 5.26 Å². The van der Waals surface area contributed by atoms with Crippen molar-refractivity contribution in [3.63, 3.8) is 0 Å². The summed E-state index contributed by atoms with van der Waals surface area (Å²) in [6.45, 7) is 1.41. The lowest BCUT2D eigenvalue weighted by Crippen LogP contribution is -2.13. The summed E-state index contributed by atoms with van der Waals surface area (Å²) in [6.07, 6.45) is -0.237. The summed E-state index contributed by atoms with van der Waals surface area (Å²) in [7, 11) is 0. The number of carbonyl (C=O) groups is 1. The van der Waals surface area contributed by atoms with Crippen LogP contribution in [0.1, 0.15) is 6.92 Å². The van der Waals surface area contributed by atoms with Gasteiger partial charge in [-0.05, 0) is 6.92 Å². The first-order valence-electron chi connectivity index (χ1n) is 2.48. The van der Waals surface area contributed by atoms with Gasteiger partial charge in [0.15, 0.2) is 12.3 Å². The predicted octanol–water partition coefficient (Wildman–Crippen LogP) is -0.0983. The first kappa shape index (κ1) is 8.43. The minimum Gasteiger partial charge on any atom is -0.443 e. The average Bonchev–Trinajstić information content (AvgIpc) is 1.88. The van der Waals surface area contributed by atoms with Crippen LogP contribution in [0, 0.1) is 11.3 Å². The molecule has 0 heterocycles. The van der Waals surface area contributed by atoms with Gasteiger partial charge in [0, 0.05) is 0 Å². The van der Waals surface area contributed by atoms with Gasteiger partial charge in [-0.3, -0.25) is 0 Å². The van der Waals surface area contributed by atoms with Gasteiger partial charge in [0.2, 0.25) is 0 Å². The lowest BCUT2D eigenvalue weighted by atomic mass is 10.5. The van der Waals surface area contributed by atoms with Crippen LogP contribution in [0.15, 0.2) is 5.16 Å². The Balaban J connectivity index is 3.71. The summed E-state index contributed by atoms with van der Waals surface area (Å²) in [4.78, 5) is 10.3. The first-order chi connectivity index (χ1) is 4.70. The van der Waals surface area contributed by atoms with Crippen molar-refractivity contribution >= 4 is 12.2 Å². The third-order valence-electron chi connectivity index (χ3n) is 0.638. The molecule has 5 heteroatoms. The molecular weight excluding hydrogens is 136 g/mol. The molecule has 0 aromatic rings. The smallest absolute Gasteiger partial charge is 0.354 e. The highest BCUT2D eigenvalue weighted by Crippen LogP contribution is 1.86. The molecule has 0 radical (unpaired) electrons. The standard InChI is InChI=1S/C5H6N2O3/c1-4(2-6)10-5(8)3-7-9/h3-4,9H,1H3/b7-3+. The Hall–Kier alpha value is -1.57. The zero-order chi connectivity index (χ0) is 7.98. The van der Waals surface area contributed by atoms with Crippen molar-refractivity contribution < 1.29 is 14.7 Å². The first-order valence-corrected chi connectivity index (χ1v) is 2.48. The molecule has 0 aliphatic rings. The van der Waals surface area contributed by atoms with E-state index in [4.69, 9.17) is 10.5 Å². The summed E-state index contributed by atoms with van der Waals surface area (Å²) >= 11 is 0. The molecule has 10 heavy (non-hydrogen) atoms. The summed E-state index contributed by atoms with van der Waals surface area (Å²) in [5, 5.41) is 18.3. The van der Waals surface area contributed by atoms with Crippen molar-refractivity contribution in [3.05, 3.63) is 0 Å². The van der Waals surface area contributed by atoms with Crippen LogP contribution >= 0.6 is 0 Å². The van der Waals surface area contributed by atoms with Crippen molar-refractivity contribution in [1.29, 1.82) is 5.26 Å². The van der Waals surface area contributed by atoms with Gasteiger partial charge in [0.25, 0.3) is 0 Å². The second-order valence-electron chi connectivity index (χ2n) is 1.45. The van der Waals surface area contributed by atoms with E-state index in [0.29, 0.717) is 6.21 Å². The van der Waals surface area contributed by atoms with Crippen LogP contribution in [0.5, 0.6) is 0 Å². The number of esters is 1. The Labute approximate surface area is 57.5 Å². The number of carbonyl (C=O) groups excluding carboxylic acids is 1. The van der Waals surface area contributed by atoms with E-state index in [1.165, 1.54) is 6.92 Å². The van der Waals surface area contributed by atoms with E-state index in [-0.39, 0.29) is 0 Å².